The molecule has 1 atom stereocenters. The Hall–Kier alpha value is -2.76. The Kier molecular flexibility index (Phi) is 6.45. The maximum Gasteiger partial charge on any atom is 0.332 e. The molecule has 0 bridgehead atoms. The summed E-state index contributed by atoms with van der Waals surface area (Å²) in [5, 5.41) is 7.09. The fourth-order valence-electron chi connectivity index (χ4n) is 5.13. The smallest absolute Gasteiger partial charge is 0.332 e. The molecular formula is C26H36N2O4. The highest BCUT2D eigenvalue weighted by molar-refractivity contribution is 5.85. The van der Waals surface area contributed by atoms with E-state index in [0.717, 1.165) is 29.7 Å². The second-order valence-corrected chi connectivity index (χ2v) is 10.0. The van der Waals surface area contributed by atoms with Crippen molar-refractivity contribution in [3.05, 3.63) is 58.5 Å². The van der Waals surface area contributed by atoms with E-state index in [2.05, 4.69) is 63.5 Å². The van der Waals surface area contributed by atoms with Crippen LogP contribution >= 0.6 is 0 Å². The molecule has 1 fully saturated rings. The summed E-state index contributed by atoms with van der Waals surface area (Å²) in [6.07, 6.45) is 11.0. The highest BCUT2D eigenvalue weighted by Gasteiger charge is 2.53. The zero-order valence-corrected chi connectivity index (χ0v) is 20.3. The maximum atomic E-state index is 12.5. The molecule has 0 saturated carbocycles. The van der Waals surface area contributed by atoms with Crippen LogP contribution in [0.1, 0.15) is 61.3 Å². The van der Waals surface area contributed by atoms with Crippen LogP contribution in [0, 0.1) is 5.41 Å². The average molecular weight is 441 g/mol. The summed E-state index contributed by atoms with van der Waals surface area (Å²) in [4.78, 5) is 24.8. The first kappa shape index (κ1) is 23.9. The second-order valence-electron chi connectivity index (χ2n) is 10.0. The van der Waals surface area contributed by atoms with Gasteiger partial charge in [0.05, 0.1) is 18.6 Å². The Bertz CT molecular complexity index is 962. The molecule has 3 aliphatic rings. The van der Waals surface area contributed by atoms with E-state index in [1.54, 1.807) is 19.9 Å². The molecule has 0 amide bonds. The van der Waals surface area contributed by atoms with Gasteiger partial charge in [0.2, 0.25) is 0 Å². The molecule has 0 aromatic heterocycles. The molecule has 0 aromatic carbocycles. The molecule has 1 spiro atoms. The minimum absolute atomic E-state index is 0.225. The van der Waals surface area contributed by atoms with E-state index in [4.69, 9.17) is 9.47 Å². The molecule has 174 valence electrons. The fourth-order valence-corrected chi connectivity index (χ4v) is 5.13. The Morgan fingerprint density at radius 1 is 0.969 bits per heavy atom. The Morgan fingerprint density at radius 2 is 1.59 bits per heavy atom. The molecule has 3 rings (SSSR count). The molecule has 1 unspecified atom stereocenters. The third-order valence-electron chi connectivity index (χ3n) is 6.18. The Balaban J connectivity index is 2.22. The van der Waals surface area contributed by atoms with Gasteiger partial charge < -0.3 is 20.1 Å². The lowest BCUT2D eigenvalue weighted by molar-refractivity contribution is -0.138. The summed E-state index contributed by atoms with van der Waals surface area (Å²) in [5.41, 5.74) is 3.98. The first-order valence-corrected chi connectivity index (χ1v) is 11.4. The highest BCUT2D eigenvalue weighted by atomic mass is 16.5. The van der Waals surface area contributed by atoms with Gasteiger partial charge in [0.15, 0.2) is 0 Å². The van der Waals surface area contributed by atoms with Crippen LogP contribution in [0.5, 0.6) is 0 Å². The third kappa shape index (κ3) is 4.69. The quantitative estimate of drug-likeness (QED) is 0.503. The molecule has 2 N–H and O–H groups in total. The molecular weight excluding hydrogens is 404 g/mol. The van der Waals surface area contributed by atoms with E-state index in [-0.39, 0.29) is 23.0 Å². The SMILES string of the molecule is CCOC(=O)/C=C1/C=C2C(=CC=C(C)C23CC(C)(C)N/C3=C\C(=O)OCC)CC(C)(C)N1. The number of nitrogens with one attached hydrogen (secondary N) is 2. The van der Waals surface area contributed by atoms with Crippen LogP contribution in [0.15, 0.2) is 58.5 Å². The largest absolute Gasteiger partial charge is 0.463 e. The van der Waals surface area contributed by atoms with Gasteiger partial charge >= 0.3 is 11.9 Å². The first-order valence-electron chi connectivity index (χ1n) is 11.4. The summed E-state index contributed by atoms with van der Waals surface area (Å²) in [6, 6.07) is 0. The maximum absolute atomic E-state index is 12.5. The van der Waals surface area contributed by atoms with Gasteiger partial charge in [0.1, 0.15) is 0 Å². The summed E-state index contributed by atoms with van der Waals surface area (Å²) < 4.78 is 10.4. The molecule has 0 radical (unpaired) electrons. The van der Waals surface area contributed by atoms with Crippen molar-refractivity contribution in [2.45, 2.75) is 72.4 Å². The molecule has 0 aromatic rings. The number of allylic oxidation sites excluding steroid dienone is 4. The molecule has 2 heterocycles. The van der Waals surface area contributed by atoms with Gasteiger partial charge in [-0.25, -0.2) is 9.59 Å². The number of hydrogen-bond acceptors (Lipinski definition) is 6. The van der Waals surface area contributed by atoms with Crippen LogP contribution in [-0.4, -0.2) is 36.2 Å². The van der Waals surface area contributed by atoms with Crippen molar-refractivity contribution in [1.82, 2.24) is 10.6 Å². The lowest BCUT2D eigenvalue weighted by Crippen LogP contribution is -2.38. The van der Waals surface area contributed by atoms with E-state index in [1.807, 2.05) is 0 Å². The van der Waals surface area contributed by atoms with E-state index >= 15 is 0 Å². The predicted octanol–water partition coefficient (Wildman–Crippen LogP) is 4.22. The lowest BCUT2D eigenvalue weighted by atomic mass is 9.63. The summed E-state index contributed by atoms with van der Waals surface area (Å²) >= 11 is 0. The van der Waals surface area contributed by atoms with E-state index in [9.17, 15) is 9.59 Å². The summed E-state index contributed by atoms with van der Waals surface area (Å²) in [5.74, 6) is -0.731. The zero-order chi connectivity index (χ0) is 23.7. The van der Waals surface area contributed by atoms with Crippen LogP contribution < -0.4 is 10.6 Å². The molecule has 6 heteroatoms. The zero-order valence-electron chi connectivity index (χ0n) is 20.3. The number of fused-ring (bicyclic) bond motifs is 2. The number of ether oxygens (including phenoxy) is 2. The van der Waals surface area contributed by atoms with Crippen molar-refractivity contribution in [2.24, 2.45) is 5.41 Å². The van der Waals surface area contributed by atoms with Gasteiger partial charge in [0.25, 0.3) is 0 Å². The minimum Gasteiger partial charge on any atom is -0.463 e. The fraction of sp³-hybridized carbons (Fsp3) is 0.538. The van der Waals surface area contributed by atoms with Crippen LogP contribution in [0.2, 0.25) is 0 Å². The average Bonchev–Trinajstić information content (AvgIpc) is 2.83. The predicted molar refractivity (Wildman–Crippen MR) is 125 cm³/mol. The van der Waals surface area contributed by atoms with E-state index in [0.29, 0.717) is 18.9 Å². The van der Waals surface area contributed by atoms with E-state index in [1.165, 1.54) is 11.6 Å². The van der Waals surface area contributed by atoms with Crippen LogP contribution in [0.4, 0.5) is 0 Å². The summed E-state index contributed by atoms with van der Waals surface area (Å²) in [7, 11) is 0. The number of esters is 2. The van der Waals surface area contributed by atoms with Crippen molar-refractivity contribution in [3.63, 3.8) is 0 Å². The highest BCUT2D eigenvalue weighted by Crippen LogP contribution is 2.57. The topological polar surface area (TPSA) is 76.7 Å². The molecule has 32 heavy (non-hydrogen) atoms. The molecule has 2 aliphatic heterocycles. The van der Waals surface area contributed by atoms with Crippen LogP contribution in [0.25, 0.3) is 0 Å². The number of hydrogen-bond donors (Lipinski definition) is 2. The van der Waals surface area contributed by atoms with Crippen molar-refractivity contribution in [2.75, 3.05) is 13.2 Å². The van der Waals surface area contributed by atoms with Crippen molar-refractivity contribution in [1.29, 1.82) is 0 Å². The van der Waals surface area contributed by atoms with Crippen molar-refractivity contribution < 1.29 is 19.1 Å². The monoisotopic (exact) mass is 440 g/mol. The lowest BCUT2D eigenvalue weighted by Gasteiger charge is -2.38. The number of rotatable bonds is 4. The van der Waals surface area contributed by atoms with Gasteiger partial charge in [-0.2, -0.15) is 0 Å². The van der Waals surface area contributed by atoms with Crippen molar-refractivity contribution >= 4 is 11.9 Å². The van der Waals surface area contributed by atoms with Crippen molar-refractivity contribution in [3.8, 4) is 0 Å². The summed E-state index contributed by atoms with van der Waals surface area (Å²) in [6.45, 7) is 14.9. The first-order chi connectivity index (χ1) is 14.9. The van der Waals surface area contributed by atoms with Gasteiger partial charge in [0, 0.05) is 34.6 Å². The Labute approximate surface area is 191 Å². The minimum atomic E-state index is -0.504. The van der Waals surface area contributed by atoms with Gasteiger partial charge in [-0.05, 0) is 78.5 Å². The Morgan fingerprint density at radius 3 is 2.22 bits per heavy atom. The van der Waals surface area contributed by atoms with E-state index < -0.39 is 5.41 Å². The number of carbonyl (C=O) groups excluding carboxylic acids is 2. The van der Waals surface area contributed by atoms with Gasteiger partial charge in [-0.3, -0.25) is 0 Å². The normalized spacial score (nSPS) is 28.0. The third-order valence-corrected chi connectivity index (χ3v) is 6.18. The van der Waals surface area contributed by atoms with Gasteiger partial charge in [-0.1, -0.05) is 17.7 Å². The second kappa shape index (κ2) is 8.64. The van der Waals surface area contributed by atoms with Crippen LogP contribution in [-0.2, 0) is 19.1 Å². The number of carbonyl (C=O) groups is 2. The van der Waals surface area contributed by atoms with Gasteiger partial charge in [-0.15, -0.1) is 0 Å². The molecule has 1 aliphatic carbocycles. The molecule has 6 nitrogen and oxygen atoms in total. The molecule has 1 saturated heterocycles. The standard InChI is InChI=1S/C26H36N2O4/c1-8-31-22(29)13-19-12-20-18(15-24(4,5)27-19)11-10-17(3)26(20)16-25(6,7)28-21(26)14-23(30)32-9-2/h10-14,27-28H,8-9,15-16H2,1-7H3/b19-13-,21-14-. The van der Waals surface area contributed by atoms with Crippen LogP contribution in [0.3, 0.4) is 0 Å².